The van der Waals surface area contributed by atoms with E-state index in [0.29, 0.717) is 12.3 Å². The van der Waals surface area contributed by atoms with E-state index >= 15 is 0 Å². The van der Waals surface area contributed by atoms with Gasteiger partial charge in [0.2, 0.25) is 5.91 Å². The number of anilines is 1. The number of benzene rings is 1. The number of nitrogens with zero attached hydrogens (tertiary/aromatic N) is 3. The van der Waals surface area contributed by atoms with Crippen molar-refractivity contribution < 1.29 is 4.79 Å². The van der Waals surface area contributed by atoms with Gasteiger partial charge in [-0.1, -0.05) is 41.7 Å². The first-order valence-electron chi connectivity index (χ1n) is 9.12. The molecule has 1 aliphatic carbocycles. The quantitative estimate of drug-likeness (QED) is 0.591. The SMILES string of the molecule is CCN(C(=O)C1(C[SH2+])CC1)c1sc(-c2cccnc2)nc1-c1ccccc1. The zero-order chi connectivity index (χ0) is 18.9. The minimum Gasteiger partial charge on any atom is -0.302 e. The van der Waals surface area contributed by atoms with Crippen LogP contribution in [0.15, 0.2) is 54.9 Å². The number of carbonyl (C=O) groups excluding carboxylic acids is 1. The van der Waals surface area contributed by atoms with Gasteiger partial charge in [-0.05, 0) is 44.5 Å². The monoisotopic (exact) mass is 396 g/mol. The second-order valence-electron chi connectivity index (χ2n) is 6.79. The van der Waals surface area contributed by atoms with Gasteiger partial charge in [0.1, 0.15) is 21.5 Å². The van der Waals surface area contributed by atoms with Gasteiger partial charge in [-0.3, -0.25) is 9.78 Å². The maximum atomic E-state index is 13.3. The first kappa shape index (κ1) is 18.2. The lowest BCUT2D eigenvalue weighted by molar-refractivity contribution is -0.122. The predicted molar refractivity (Wildman–Crippen MR) is 115 cm³/mol. The van der Waals surface area contributed by atoms with Crippen molar-refractivity contribution in [2.45, 2.75) is 19.8 Å². The fraction of sp³-hybridized carbons (Fsp3) is 0.286. The molecule has 0 aliphatic heterocycles. The summed E-state index contributed by atoms with van der Waals surface area (Å²) in [7, 11) is 0. The van der Waals surface area contributed by atoms with Crippen LogP contribution in [0.4, 0.5) is 5.00 Å². The third-order valence-electron chi connectivity index (χ3n) is 5.02. The highest BCUT2D eigenvalue weighted by atomic mass is 32.1. The van der Waals surface area contributed by atoms with Crippen LogP contribution in [0.5, 0.6) is 0 Å². The van der Waals surface area contributed by atoms with Gasteiger partial charge in [0.05, 0.1) is 5.41 Å². The molecule has 0 spiro atoms. The lowest BCUT2D eigenvalue weighted by Crippen LogP contribution is -2.38. The zero-order valence-electron chi connectivity index (χ0n) is 15.2. The summed E-state index contributed by atoms with van der Waals surface area (Å²) in [5.74, 6) is 0.899. The molecular weight excluding hydrogens is 374 g/mol. The Balaban J connectivity index is 1.82. The van der Waals surface area contributed by atoms with Crippen LogP contribution in [0, 0.1) is 5.41 Å². The summed E-state index contributed by atoms with van der Waals surface area (Å²) in [6, 6.07) is 14.0. The van der Waals surface area contributed by atoms with Gasteiger partial charge in [0, 0.05) is 30.1 Å². The number of hydrogen-bond donors (Lipinski definition) is 0. The lowest BCUT2D eigenvalue weighted by Gasteiger charge is -2.23. The molecule has 0 N–H and O–H groups in total. The van der Waals surface area contributed by atoms with E-state index in [0.717, 1.165) is 39.7 Å². The van der Waals surface area contributed by atoms with Crippen molar-refractivity contribution in [2.24, 2.45) is 5.41 Å². The van der Waals surface area contributed by atoms with Crippen molar-refractivity contribution in [1.82, 2.24) is 9.97 Å². The average Bonchev–Trinajstić information content (AvgIpc) is 3.42. The third-order valence-corrected chi connectivity index (χ3v) is 6.82. The number of pyridine rings is 1. The van der Waals surface area contributed by atoms with E-state index in [2.05, 4.69) is 17.6 Å². The molecule has 0 unspecified atom stereocenters. The Morgan fingerprint density at radius 1 is 1.19 bits per heavy atom. The molecule has 0 radical (unpaired) electrons. The summed E-state index contributed by atoms with van der Waals surface area (Å²) in [5, 5.41) is 1.80. The molecule has 4 nitrogen and oxygen atoms in total. The molecule has 4 rings (SSSR count). The first-order chi connectivity index (χ1) is 13.2. The molecular formula is C21H22N3OS2+. The van der Waals surface area contributed by atoms with Crippen molar-refractivity contribution in [3.63, 3.8) is 0 Å². The van der Waals surface area contributed by atoms with Gasteiger partial charge in [-0.15, -0.1) is 0 Å². The molecule has 1 fully saturated rings. The van der Waals surface area contributed by atoms with E-state index in [1.165, 1.54) is 0 Å². The lowest BCUT2D eigenvalue weighted by atomic mass is 10.1. The maximum absolute atomic E-state index is 13.3. The van der Waals surface area contributed by atoms with Gasteiger partial charge in [0.25, 0.3) is 0 Å². The molecule has 6 heteroatoms. The van der Waals surface area contributed by atoms with Crippen LogP contribution in [0.25, 0.3) is 21.8 Å². The molecule has 1 amide bonds. The Bertz CT molecular complexity index is 937. The zero-order valence-corrected chi connectivity index (χ0v) is 17.0. The van der Waals surface area contributed by atoms with Crippen LogP contribution in [0.3, 0.4) is 0 Å². The molecule has 1 aliphatic rings. The number of aromatic nitrogens is 2. The summed E-state index contributed by atoms with van der Waals surface area (Å²) in [4.78, 5) is 24.3. The highest BCUT2D eigenvalue weighted by Crippen LogP contribution is 2.49. The Morgan fingerprint density at radius 3 is 2.52 bits per heavy atom. The Kier molecular flexibility index (Phi) is 5.02. The molecule has 0 atom stereocenters. The molecule has 1 aromatic carbocycles. The highest BCUT2D eigenvalue weighted by molar-refractivity contribution is 7.58. The van der Waals surface area contributed by atoms with E-state index in [4.69, 9.17) is 4.98 Å². The number of carbonyl (C=O) groups is 1. The summed E-state index contributed by atoms with van der Waals surface area (Å²) >= 11 is 5.16. The van der Waals surface area contributed by atoms with Crippen LogP contribution in [0.1, 0.15) is 19.8 Å². The predicted octanol–water partition coefficient (Wildman–Crippen LogP) is 4.02. The van der Waals surface area contributed by atoms with Gasteiger partial charge in [-0.2, -0.15) is 0 Å². The smallest absolute Gasteiger partial charge is 0.238 e. The van der Waals surface area contributed by atoms with E-state index in [9.17, 15) is 4.79 Å². The molecule has 27 heavy (non-hydrogen) atoms. The normalized spacial score (nSPS) is 14.7. The Labute approximate surface area is 168 Å². The fourth-order valence-electron chi connectivity index (χ4n) is 3.17. The number of rotatable bonds is 6. The van der Waals surface area contributed by atoms with E-state index in [1.807, 2.05) is 60.5 Å². The molecule has 3 aromatic rings. The molecule has 138 valence electrons. The molecule has 1 saturated carbocycles. The Hall–Kier alpha value is -2.18. The second kappa shape index (κ2) is 7.44. The van der Waals surface area contributed by atoms with Gasteiger partial charge in [-0.25, -0.2) is 4.98 Å². The summed E-state index contributed by atoms with van der Waals surface area (Å²) in [5.41, 5.74) is 2.60. The van der Waals surface area contributed by atoms with Crippen LogP contribution in [-0.4, -0.2) is 28.2 Å². The van der Waals surface area contributed by atoms with E-state index < -0.39 is 0 Å². The fourth-order valence-corrected chi connectivity index (χ4v) is 4.82. The minimum atomic E-state index is -0.251. The minimum absolute atomic E-state index is 0.193. The first-order valence-corrected chi connectivity index (χ1v) is 10.6. The van der Waals surface area contributed by atoms with Crippen molar-refractivity contribution in [3.8, 4) is 21.8 Å². The van der Waals surface area contributed by atoms with Crippen molar-refractivity contribution >= 4 is 34.9 Å². The van der Waals surface area contributed by atoms with E-state index in [1.54, 1.807) is 17.5 Å². The topological polar surface area (TPSA) is 46.1 Å². The highest BCUT2D eigenvalue weighted by Gasteiger charge is 2.53. The molecule has 2 aromatic heterocycles. The standard InChI is InChI=1S/C21H21N3OS2/c1-2-24(20(25)21(14-26)10-11-21)19-17(15-7-4-3-5-8-15)23-18(27-19)16-9-6-12-22-13-16/h3-9,12-13,26H,2,10-11,14H2,1H3/p+1. The van der Waals surface area contributed by atoms with Gasteiger partial charge in [0.15, 0.2) is 0 Å². The second-order valence-corrected chi connectivity index (χ2v) is 8.12. The van der Waals surface area contributed by atoms with Crippen LogP contribution >= 0.6 is 11.3 Å². The van der Waals surface area contributed by atoms with Crippen molar-refractivity contribution in [3.05, 3.63) is 54.9 Å². The largest absolute Gasteiger partial charge is 0.302 e. The number of hydrogen-bond acceptors (Lipinski definition) is 4. The maximum Gasteiger partial charge on any atom is 0.238 e. The van der Waals surface area contributed by atoms with Crippen LogP contribution in [0.2, 0.25) is 0 Å². The van der Waals surface area contributed by atoms with E-state index in [-0.39, 0.29) is 11.3 Å². The molecule has 0 saturated heterocycles. The number of thiazole rings is 1. The summed E-state index contributed by atoms with van der Waals surface area (Å²) < 4.78 is 0. The Morgan fingerprint density at radius 2 is 1.93 bits per heavy atom. The van der Waals surface area contributed by atoms with Crippen LogP contribution < -0.4 is 4.90 Å². The van der Waals surface area contributed by atoms with Gasteiger partial charge < -0.3 is 4.90 Å². The molecule has 0 bridgehead atoms. The van der Waals surface area contributed by atoms with Crippen molar-refractivity contribution in [2.75, 3.05) is 17.2 Å². The van der Waals surface area contributed by atoms with Crippen molar-refractivity contribution in [1.29, 1.82) is 0 Å². The van der Waals surface area contributed by atoms with Gasteiger partial charge >= 0.3 is 0 Å². The number of amides is 1. The summed E-state index contributed by atoms with van der Waals surface area (Å²) in [6.07, 6.45) is 5.46. The third kappa shape index (κ3) is 3.39. The average molecular weight is 397 g/mol. The molecule has 2 heterocycles. The van der Waals surface area contributed by atoms with Crippen LogP contribution in [-0.2, 0) is 17.4 Å². The summed E-state index contributed by atoms with van der Waals surface area (Å²) in [6.45, 7) is 2.65.